The van der Waals surface area contributed by atoms with Crippen molar-refractivity contribution in [2.45, 2.75) is 19.8 Å². The molecule has 0 aliphatic carbocycles. The van der Waals surface area contributed by atoms with Crippen LogP contribution in [0.5, 0.6) is 11.5 Å². The number of methoxy groups -OCH3 is 2. The Bertz CT molecular complexity index is 583. The van der Waals surface area contributed by atoms with Crippen molar-refractivity contribution in [1.82, 2.24) is 10.6 Å². The van der Waals surface area contributed by atoms with Crippen molar-refractivity contribution in [3.63, 3.8) is 0 Å². The zero-order chi connectivity index (χ0) is 18.3. The number of carbonyl (C=O) groups is 1. The van der Waals surface area contributed by atoms with Gasteiger partial charge in [-0.05, 0) is 45.0 Å². The lowest BCUT2D eigenvalue weighted by molar-refractivity contribution is 0.0511. The smallest absolute Gasteiger partial charge is 0.251 e. The Morgan fingerprint density at radius 3 is 2.64 bits per heavy atom. The van der Waals surface area contributed by atoms with Crippen molar-refractivity contribution in [2.24, 2.45) is 5.41 Å². The number of piperidine rings is 1. The SMILES string of the molecule is CCOc1c(Cl)cc(C(=O)NCC2(COC)CCNCC2)cc1OC. The summed E-state index contributed by atoms with van der Waals surface area (Å²) < 4.78 is 16.2. The molecule has 25 heavy (non-hydrogen) atoms. The van der Waals surface area contributed by atoms with Crippen LogP contribution in [0, 0.1) is 5.41 Å². The first-order valence-electron chi connectivity index (χ1n) is 8.53. The molecule has 6 nitrogen and oxygen atoms in total. The molecule has 1 saturated heterocycles. The van der Waals surface area contributed by atoms with E-state index in [9.17, 15) is 4.79 Å². The van der Waals surface area contributed by atoms with Crippen molar-refractivity contribution in [3.8, 4) is 11.5 Å². The van der Waals surface area contributed by atoms with E-state index >= 15 is 0 Å². The van der Waals surface area contributed by atoms with E-state index in [2.05, 4.69) is 10.6 Å². The summed E-state index contributed by atoms with van der Waals surface area (Å²) in [5.41, 5.74) is 0.418. The van der Waals surface area contributed by atoms with Crippen LogP contribution in [0.3, 0.4) is 0 Å². The summed E-state index contributed by atoms with van der Waals surface area (Å²) in [6, 6.07) is 3.26. The van der Waals surface area contributed by atoms with E-state index in [4.69, 9.17) is 25.8 Å². The van der Waals surface area contributed by atoms with Crippen LogP contribution < -0.4 is 20.1 Å². The minimum Gasteiger partial charge on any atom is -0.493 e. The molecular formula is C18H27ClN2O4. The maximum atomic E-state index is 12.6. The minimum absolute atomic E-state index is 0.0329. The number of halogens is 1. The molecule has 1 aliphatic rings. The van der Waals surface area contributed by atoms with Crippen LogP contribution in [-0.4, -0.2) is 53.0 Å². The molecule has 0 spiro atoms. The summed E-state index contributed by atoms with van der Waals surface area (Å²) in [6.45, 7) is 5.39. The van der Waals surface area contributed by atoms with Crippen molar-refractivity contribution in [1.29, 1.82) is 0 Å². The van der Waals surface area contributed by atoms with E-state index in [1.165, 1.54) is 7.11 Å². The monoisotopic (exact) mass is 370 g/mol. The fourth-order valence-electron chi connectivity index (χ4n) is 3.14. The van der Waals surface area contributed by atoms with Gasteiger partial charge in [0.2, 0.25) is 0 Å². The van der Waals surface area contributed by atoms with Gasteiger partial charge in [0, 0.05) is 24.6 Å². The highest BCUT2D eigenvalue weighted by molar-refractivity contribution is 6.32. The summed E-state index contributed by atoms with van der Waals surface area (Å²) in [7, 11) is 3.22. The van der Waals surface area contributed by atoms with E-state index in [0.29, 0.717) is 41.8 Å². The zero-order valence-electron chi connectivity index (χ0n) is 15.1. The lowest BCUT2D eigenvalue weighted by Gasteiger charge is -2.37. The van der Waals surface area contributed by atoms with Gasteiger partial charge in [-0.1, -0.05) is 11.6 Å². The molecule has 0 radical (unpaired) electrons. The van der Waals surface area contributed by atoms with Gasteiger partial charge in [0.25, 0.3) is 5.91 Å². The van der Waals surface area contributed by atoms with Gasteiger partial charge in [-0.2, -0.15) is 0 Å². The number of amides is 1. The number of hydrogen-bond donors (Lipinski definition) is 2. The largest absolute Gasteiger partial charge is 0.493 e. The van der Waals surface area contributed by atoms with Gasteiger partial charge in [0.15, 0.2) is 11.5 Å². The van der Waals surface area contributed by atoms with Crippen molar-refractivity contribution in [2.75, 3.05) is 47.1 Å². The van der Waals surface area contributed by atoms with Gasteiger partial charge in [-0.3, -0.25) is 4.79 Å². The number of nitrogens with one attached hydrogen (secondary N) is 2. The Hall–Kier alpha value is -1.50. The molecule has 7 heteroatoms. The molecule has 1 aromatic rings. The van der Waals surface area contributed by atoms with Crippen LogP contribution in [0.25, 0.3) is 0 Å². The Labute approximate surface area is 154 Å². The predicted molar refractivity (Wildman–Crippen MR) is 97.9 cm³/mol. The third kappa shape index (κ3) is 5.00. The molecule has 1 fully saturated rings. The molecular weight excluding hydrogens is 344 g/mol. The van der Waals surface area contributed by atoms with Crippen LogP contribution in [0.2, 0.25) is 5.02 Å². The average molecular weight is 371 g/mol. The van der Waals surface area contributed by atoms with Gasteiger partial charge in [0.1, 0.15) is 0 Å². The maximum Gasteiger partial charge on any atom is 0.251 e. The average Bonchev–Trinajstić information content (AvgIpc) is 2.62. The summed E-state index contributed by atoms with van der Waals surface area (Å²) >= 11 is 6.25. The fraction of sp³-hybridized carbons (Fsp3) is 0.611. The van der Waals surface area contributed by atoms with E-state index in [-0.39, 0.29) is 11.3 Å². The molecule has 2 N–H and O–H groups in total. The first-order valence-corrected chi connectivity index (χ1v) is 8.91. The molecule has 0 unspecified atom stereocenters. The van der Waals surface area contributed by atoms with Crippen LogP contribution >= 0.6 is 11.6 Å². The second-order valence-electron chi connectivity index (χ2n) is 6.29. The maximum absolute atomic E-state index is 12.6. The van der Waals surface area contributed by atoms with E-state index in [1.807, 2.05) is 6.92 Å². The highest BCUT2D eigenvalue weighted by atomic mass is 35.5. The van der Waals surface area contributed by atoms with E-state index in [0.717, 1.165) is 25.9 Å². The first kappa shape index (κ1) is 19.8. The summed E-state index contributed by atoms with van der Waals surface area (Å²) in [5.74, 6) is 0.725. The Morgan fingerprint density at radius 2 is 2.04 bits per heavy atom. The van der Waals surface area contributed by atoms with Crippen molar-refractivity contribution in [3.05, 3.63) is 22.7 Å². The quantitative estimate of drug-likeness (QED) is 0.735. The van der Waals surface area contributed by atoms with Crippen molar-refractivity contribution >= 4 is 17.5 Å². The second-order valence-corrected chi connectivity index (χ2v) is 6.70. The first-order chi connectivity index (χ1) is 12.0. The molecule has 0 saturated carbocycles. The van der Waals surface area contributed by atoms with Gasteiger partial charge < -0.3 is 24.8 Å². The number of rotatable bonds is 8. The van der Waals surface area contributed by atoms with Gasteiger partial charge in [-0.25, -0.2) is 0 Å². The van der Waals surface area contributed by atoms with Gasteiger partial charge >= 0.3 is 0 Å². The second kappa shape index (κ2) is 9.27. The molecule has 0 aromatic heterocycles. The summed E-state index contributed by atoms with van der Waals surface area (Å²) in [5, 5.41) is 6.73. The topological polar surface area (TPSA) is 68.8 Å². The highest BCUT2D eigenvalue weighted by Gasteiger charge is 2.32. The number of carbonyl (C=O) groups excluding carboxylic acids is 1. The Balaban J connectivity index is 2.10. The van der Waals surface area contributed by atoms with Gasteiger partial charge in [0.05, 0.1) is 25.3 Å². The number of benzene rings is 1. The van der Waals surface area contributed by atoms with Crippen LogP contribution in [0.15, 0.2) is 12.1 Å². The zero-order valence-corrected chi connectivity index (χ0v) is 15.9. The lowest BCUT2D eigenvalue weighted by atomic mass is 9.79. The highest BCUT2D eigenvalue weighted by Crippen LogP contribution is 2.36. The van der Waals surface area contributed by atoms with E-state index in [1.54, 1.807) is 19.2 Å². The summed E-state index contributed by atoms with van der Waals surface area (Å²) in [4.78, 5) is 12.6. The molecule has 140 valence electrons. The molecule has 1 aliphatic heterocycles. The standard InChI is InChI=1S/C18H27ClN2O4/c1-4-25-16-14(19)9-13(10-15(16)24-3)17(22)21-11-18(12-23-2)5-7-20-8-6-18/h9-10,20H,4-8,11-12H2,1-3H3,(H,21,22). The third-order valence-corrected chi connectivity index (χ3v) is 4.80. The molecule has 0 atom stereocenters. The van der Waals surface area contributed by atoms with Crippen LogP contribution in [0.1, 0.15) is 30.1 Å². The minimum atomic E-state index is -0.183. The molecule has 2 rings (SSSR count). The van der Waals surface area contributed by atoms with Crippen LogP contribution in [0.4, 0.5) is 0 Å². The molecule has 1 aromatic carbocycles. The molecule has 1 amide bonds. The lowest BCUT2D eigenvalue weighted by Crippen LogP contribution is -2.47. The Morgan fingerprint density at radius 1 is 1.32 bits per heavy atom. The fourth-order valence-corrected chi connectivity index (χ4v) is 3.41. The van der Waals surface area contributed by atoms with E-state index < -0.39 is 0 Å². The predicted octanol–water partition coefficient (Wildman–Crippen LogP) is 2.49. The Kier molecular flexibility index (Phi) is 7.35. The third-order valence-electron chi connectivity index (χ3n) is 4.52. The van der Waals surface area contributed by atoms with Crippen LogP contribution in [-0.2, 0) is 4.74 Å². The molecule has 0 bridgehead atoms. The summed E-state index contributed by atoms with van der Waals surface area (Å²) in [6.07, 6.45) is 1.93. The molecule has 1 heterocycles. The number of ether oxygens (including phenoxy) is 3. The van der Waals surface area contributed by atoms with Crippen molar-refractivity contribution < 1.29 is 19.0 Å². The number of hydrogen-bond acceptors (Lipinski definition) is 5. The van der Waals surface area contributed by atoms with Gasteiger partial charge in [-0.15, -0.1) is 0 Å². The normalized spacial score (nSPS) is 16.3.